The Morgan fingerprint density at radius 2 is 1.77 bits per heavy atom. The predicted molar refractivity (Wildman–Crippen MR) is 102 cm³/mol. The first-order valence-corrected chi connectivity index (χ1v) is 11.1. The molecule has 4 heterocycles. The molecule has 2 aliphatic rings. The highest BCUT2D eigenvalue weighted by Crippen LogP contribution is 2.28. The fourth-order valence-electron chi connectivity index (χ4n) is 3.64. The topological polar surface area (TPSA) is 78.9 Å². The Balaban J connectivity index is 1.47. The molecule has 0 aromatic carbocycles. The average molecular weight is 398 g/mol. The van der Waals surface area contributed by atoms with Gasteiger partial charge in [0.25, 0.3) is 10.2 Å². The zero-order valence-corrected chi connectivity index (χ0v) is 16.5. The normalized spacial score (nSPS) is 26.5. The summed E-state index contributed by atoms with van der Waals surface area (Å²) >= 11 is 1.59. The van der Waals surface area contributed by atoms with E-state index in [0.717, 1.165) is 16.0 Å². The summed E-state index contributed by atoms with van der Waals surface area (Å²) in [6.07, 6.45) is 1.42. The largest absolute Gasteiger partial charge is 0.373 e. The van der Waals surface area contributed by atoms with Crippen molar-refractivity contribution in [1.82, 2.24) is 18.6 Å². The number of piperazine rings is 1. The maximum absolute atomic E-state index is 13.0. The number of anilines is 1. The molecule has 0 spiro atoms. The van der Waals surface area contributed by atoms with E-state index < -0.39 is 10.2 Å². The minimum Gasteiger partial charge on any atom is -0.373 e. The van der Waals surface area contributed by atoms with E-state index >= 15 is 0 Å². The van der Waals surface area contributed by atoms with Crippen molar-refractivity contribution in [3.05, 3.63) is 17.8 Å². The van der Waals surface area contributed by atoms with Crippen LogP contribution in [-0.4, -0.2) is 78.5 Å². The van der Waals surface area contributed by atoms with Gasteiger partial charge in [0.05, 0.1) is 17.6 Å². The van der Waals surface area contributed by atoms with E-state index in [1.165, 1.54) is 0 Å². The fourth-order valence-corrected chi connectivity index (χ4v) is 6.12. The average Bonchev–Trinajstić information content (AvgIpc) is 3.10. The van der Waals surface area contributed by atoms with Crippen LogP contribution in [0.3, 0.4) is 0 Å². The van der Waals surface area contributed by atoms with Crippen molar-refractivity contribution in [2.45, 2.75) is 26.1 Å². The van der Waals surface area contributed by atoms with Crippen molar-refractivity contribution < 1.29 is 13.2 Å². The van der Waals surface area contributed by atoms with Crippen molar-refractivity contribution in [2.24, 2.45) is 0 Å². The van der Waals surface area contributed by atoms with Crippen LogP contribution in [0, 0.1) is 0 Å². The third-order valence-corrected chi connectivity index (χ3v) is 7.61. The third-order valence-electron chi connectivity index (χ3n) is 4.82. The molecule has 2 aromatic heterocycles. The Labute approximate surface area is 157 Å². The summed E-state index contributed by atoms with van der Waals surface area (Å²) in [5.41, 5.74) is 0. The maximum Gasteiger partial charge on any atom is 0.282 e. The van der Waals surface area contributed by atoms with Crippen LogP contribution in [0.15, 0.2) is 17.8 Å². The molecular weight excluding hydrogens is 374 g/mol. The summed E-state index contributed by atoms with van der Waals surface area (Å²) in [5, 5.41) is 3.04. The fraction of sp³-hybridized carbons (Fsp3) is 0.625. The second-order valence-corrected chi connectivity index (χ2v) is 9.63. The highest BCUT2D eigenvalue weighted by atomic mass is 32.2. The van der Waals surface area contributed by atoms with E-state index in [4.69, 9.17) is 4.74 Å². The molecule has 10 heteroatoms. The number of hydrogen-bond donors (Lipinski definition) is 0. The zero-order chi connectivity index (χ0) is 18.3. The van der Waals surface area contributed by atoms with Gasteiger partial charge in [-0.3, -0.25) is 0 Å². The summed E-state index contributed by atoms with van der Waals surface area (Å²) < 4.78 is 34.8. The number of thiophene rings is 1. The first-order valence-electron chi connectivity index (χ1n) is 8.79. The molecule has 0 bridgehead atoms. The minimum atomic E-state index is -3.46. The monoisotopic (exact) mass is 397 g/mol. The van der Waals surface area contributed by atoms with E-state index in [1.54, 1.807) is 26.3 Å². The maximum atomic E-state index is 13.0. The molecule has 0 amide bonds. The Kier molecular flexibility index (Phi) is 4.86. The summed E-state index contributed by atoms with van der Waals surface area (Å²) in [5.74, 6) is 0.891. The summed E-state index contributed by atoms with van der Waals surface area (Å²) in [7, 11) is -3.46. The lowest BCUT2D eigenvalue weighted by Crippen LogP contribution is -2.57. The SMILES string of the molecule is CC1CN(S(=O)(=O)N2CCN(c3ncnc4sccc34)CC2)CC(C)O1. The van der Waals surface area contributed by atoms with E-state index in [1.807, 2.05) is 25.3 Å². The van der Waals surface area contributed by atoms with Gasteiger partial charge < -0.3 is 9.64 Å². The Morgan fingerprint density at radius 3 is 2.46 bits per heavy atom. The van der Waals surface area contributed by atoms with Gasteiger partial charge in [-0.1, -0.05) is 0 Å². The van der Waals surface area contributed by atoms with Crippen LogP contribution < -0.4 is 4.90 Å². The first kappa shape index (κ1) is 18.1. The number of morpholine rings is 1. The van der Waals surface area contributed by atoms with E-state index in [2.05, 4.69) is 14.9 Å². The quantitative estimate of drug-likeness (QED) is 0.774. The Hall–Kier alpha value is -1.33. The molecule has 2 aliphatic heterocycles. The Bertz CT molecular complexity index is 869. The standard InChI is InChI=1S/C16H23N5O3S2/c1-12-9-21(10-13(2)24-12)26(22,23)20-6-4-19(5-7-20)15-14-3-8-25-16(14)18-11-17-15/h3,8,11-13H,4-7,9-10H2,1-2H3. The number of nitrogens with zero attached hydrogens (tertiary/aromatic N) is 5. The molecule has 2 atom stereocenters. The predicted octanol–water partition coefficient (Wildman–Crippen LogP) is 1.17. The van der Waals surface area contributed by atoms with Crippen molar-refractivity contribution in [1.29, 1.82) is 0 Å². The minimum absolute atomic E-state index is 0.0808. The van der Waals surface area contributed by atoms with Crippen molar-refractivity contribution in [3.63, 3.8) is 0 Å². The second-order valence-electron chi connectivity index (χ2n) is 6.80. The number of aromatic nitrogens is 2. The van der Waals surface area contributed by atoms with E-state index in [0.29, 0.717) is 39.3 Å². The lowest BCUT2D eigenvalue weighted by Gasteiger charge is -2.40. The molecule has 0 radical (unpaired) electrons. The third kappa shape index (κ3) is 3.31. The Morgan fingerprint density at radius 1 is 1.08 bits per heavy atom. The number of hydrogen-bond acceptors (Lipinski definition) is 7. The molecule has 2 saturated heterocycles. The van der Waals surface area contributed by atoms with Crippen molar-refractivity contribution in [3.8, 4) is 0 Å². The van der Waals surface area contributed by atoms with Crippen LogP contribution in [0.1, 0.15) is 13.8 Å². The van der Waals surface area contributed by atoms with Gasteiger partial charge >= 0.3 is 0 Å². The van der Waals surface area contributed by atoms with Gasteiger partial charge in [0.15, 0.2) is 0 Å². The van der Waals surface area contributed by atoms with Crippen LogP contribution in [0.2, 0.25) is 0 Å². The van der Waals surface area contributed by atoms with Crippen LogP contribution in [0.25, 0.3) is 10.2 Å². The molecule has 4 rings (SSSR count). The molecule has 0 saturated carbocycles. The molecule has 0 aliphatic carbocycles. The lowest BCUT2D eigenvalue weighted by molar-refractivity contribution is -0.0455. The number of rotatable bonds is 3. The lowest BCUT2D eigenvalue weighted by atomic mass is 10.3. The molecule has 142 valence electrons. The second kappa shape index (κ2) is 7.01. The molecule has 2 unspecified atom stereocenters. The van der Waals surface area contributed by atoms with Crippen LogP contribution >= 0.6 is 11.3 Å². The van der Waals surface area contributed by atoms with Crippen LogP contribution in [-0.2, 0) is 14.9 Å². The molecule has 2 aromatic rings. The molecular formula is C16H23N5O3S2. The molecule has 0 N–H and O–H groups in total. The van der Waals surface area contributed by atoms with Gasteiger partial charge in [0.2, 0.25) is 0 Å². The molecule has 2 fully saturated rings. The van der Waals surface area contributed by atoms with Gasteiger partial charge in [-0.05, 0) is 25.3 Å². The summed E-state index contributed by atoms with van der Waals surface area (Å²) in [4.78, 5) is 11.8. The summed E-state index contributed by atoms with van der Waals surface area (Å²) in [6.45, 7) is 6.81. The van der Waals surface area contributed by atoms with E-state index in [-0.39, 0.29) is 12.2 Å². The van der Waals surface area contributed by atoms with Gasteiger partial charge in [0.1, 0.15) is 17.0 Å². The van der Waals surface area contributed by atoms with Gasteiger partial charge in [0, 0.05) is 39.3 Å². The molecule has 8 nitrogen and oxygen atoms in total. The van der Waals surface area contributed by atoms with Gasteiger partial charge in [-0.2, -0.15) is 17.0 Å². The van der Waals surface area contributed by atoms with Crippen molar-refractivity contribution in [2.75, 3.05) is 44.2 Å². The van der Waals surface area contributed by atoms with E-state index in [9.17, 15) is 8.42 Å². The number of ether oxygens (including phenoxy) is 1. The van der Waals surface area contributed by atoms with Crippen LogP contribution in [0.5, 0.6) is 0 Å². The highest BCUT2D eigenvalue weighted by Gasteiger charge is 2.37. The number of fused-ring (bicyclic) bond motifs is 1. The smallest absolute Gasteiger partial charge is 0.282 e. The summed E-state index contributed by atoms with van der Waals surface area (Å²) in [6, 6.07) is 2.02. The van der Waals surface area contributed by atoms with Crippen molar-refractivity contribution >= 4 is 37.6 Å². The van der Waals surface area contributed by atoms with Gasteiger partial charge in [-0.15, -0.1) is 11.3 Å². The molecule has 26 heavy (non-hydrogen) atoms. The highest BCUT2D eigenvalue weighted by molar-refractivity contribution is 7.86. The zero-order valence-electron chi connectivity index (χ0n) is 14.9. The van der Waals surface area contributed by atoms with Gasteiger partial charge in [-0.25, -0.2) is 9.97 Å². The first-order chi connectivity index (χ1) is 12.4. The van der Waals surface area contributed by atoms with Crippen LogP contribution in [0.4, 0.5) is 5.82 Å².